The van der Waals surface area contributed by atoms with E-state index in [4.69, 9.17) is 11.6 Å². The first kappa shape index (κ1) is 17.1. The van der Waals surface area contributed by atoms with Crippen molar-refractivity contribution < 1.29 is 4.79 Å². The van der Waals surface area contributed by atoms with Gasteiger partial charge < -0.3 is 4.90 Å². The van der Waals surface area contributed by atoms with E-state index in [1.54, 1.807) is 28.7 Å². The molecule has 2 aromatic heterocycles. The number of rotatable bonds is 5. The topological polar surface area (TPSA) is 46.1 Å². The number of aromatic nitrogens is 2. The lowest BCUT2D eigenvalue weighted by atomic mass is 10.2. The summed E-state index contributed by atoms with van der Waals surface area (Å²) in [5.41, 5.74) is 2.33. The summed E-state index contributed by atoms with van der Waals surface area (Å²) in [7, 11) is 1.77. The van der Waals surface area contributed by atoms with Gasteiger partial charge >= 0.3 is 0 Å². The number of benzene rings is 1. The van der Waals surface area contributed by atoms with Crippen LogP contribution in [0.25, 0.3) is 10.6 Å². The molecule has 4 nitrogen and oxygen atoms in total. The van der Waals surface area contributed by atoms with E-state index in [1.165, 1.54) is 11.3 Å². The Kier molecular flexibility index (Phi) is 5.28. The fourth-order valence-electron chi connectivity index (χ4n) is 2.19. The molecule has 0 fully saturated rings. The van der Waals surface area contributed by atoms with E-state index in [0.717, 1.165) is 27.7 Å². The van der Waals surface area contributed by atoms with Crippen LogP contribution in [0.4, 0.5) is 0 Å². The van der Waals surface area contributed by atoms with Crippen LogP contribution in [0.1, 0.15) is 28.1 Å². The minimum Gasteiger partial charge on any atom is -0.334 e. The van der Waals surface area contributed by atoms with Crippen LogP contribution >= 0.6 is 34.3 Å². The van der Waals surface area contributed by atoms with Gasteiger partial charge in [0.25, 0.3) is 5.91 Å². The Hall–Kier alpha value is -1.76. The van der Waals surface area contributed by atoms with Crippen molar-refractivity contribution in [3.8, 4) is 10.6 Å². The summed E-state index contributed by atoms with van der Waals surface area (Å²) in [4.78, 5) is 23.2. The zero-order valence-electron chi connectivity index (χ0n) is 13.3. The molecule has 0 aliphatic carbocycles. The molecule has 24 heavy (non-hydrogen) atoms. The van der Waals surface area contributed by atoms with Crippen molar-refractivity contribution in [1.29, 1.82) is 0 Å². The molecule has 2 heterocycles. The molecule has 0 bridgehead atoms. The monoisotopic (exact) mass is 377 g/mol. The van der Waals surface area contributed by atoms with Crippen LogP contribution < -0.4 is 0 Å². The van der Waals surface area contributed by atoms with Gasteiger partial charge in [-0.25, -0.2) is 9.97 Å². The fourth-order valence-corrected chi connectivity index (χ4v) is 3.85. The molecule has 3 rings (SSSR count). The number of hydrogen-bond acceptors (Lipinski definition) is 5. The summed E-state index contributed by atoms with van der Waals surface area (Å²) in [6, 6.07) is 7.44. The lowest BCUT2D eigenvalue weighted by Gasteiger charge is -2.14. The number of thiazole rings is 2. The third-order valence-electron chi connectivity index (χ3n) is 3.46. The third-order valence-corrected chi connectivity index (χ3v) is 5.65. The smallest absolute Gasteiger partial charge is 0.273 e. The van der Waals surface area contributed by atoms with Gasteiger partial charge in [-0.15, -0.1) is 22.7 Å². The van der Waals surface area contributed by atoms with Crippen molar-refractivity contribution in [2.24, 2.45) is 0 Å². The summed E-state index contributed by atoms with van der Waals surface area (Å²) >= 11 is 8.98. The van der Waals surface area contributed by atoms with Gasteiger partial charge in [0, 0.05) is 28.4 Å². The molecule has 0 saturated heterocycles. The lowest BCUT2D eigenvalue weighted by molar-refractivity contribution is 0.0778. The summed E-state index contributed by atoms with van der Waals surface area (Å²) < 4.78 is 0. The Morgan fingerprint density at radius 2 is 1.92 bits per heavy atom. The number of amides is 1. The third kappa shape index (κ3) is 3.83. The minimum atomic E-state index is -0.0995. The van der Waals surface area contributed by atoms with Crippen molar-refractivity contribution in [3.63, 3.8) is 0 Å². The van der Waals surface area contributed by atoms with Crippen LogP contribution in [0.5, 0.6) is 0 Å². The molecule has 1 amide bonds. The second kappa shape index (κ2) is 7.42. The Morgan fingerprint density at radius 3 is 2.58 bits per heavy atom. The van der Waals surface area contributed by atoms with Crippen LogP contribution in [-0.4, -0.2) is 27.8 Å². The zero-order chi connectivity index (χ0) is 17.1. The Bertz CT molecular complexity index is 842. The van der Waals surface area contributed by atoms with Crippen molar-refractivity contribution in [2.75, 3.05) is 7.05 Å². The summed E-state index contributed by atoms with van der Waals surface area (Å²) in [5, 5.41) is 6.38. The molecular weight excluding hydrogens is 362 g/mol. The van der Waals surface area contributed by atoms with Crippen LogP contribution in [0, 0.1) is 0 Å². The van der Waals surface area contributed by atoms with E-state index in [2.05, 4.69) is 16.9 Å². The van der Waals surface area contributed by atoms with Gasteiger partial charge in [0.05, 0.1) is 17.2 Å². The van der Waals surface area contributed by atoms with E-state index >= 15 is 0 Å². The Morgan fingerprint density at radius 1 is 1.17 bits per heavy atom. The molecule has 1 aromatic carbocycles. The molecule has 3 aromatic rings. The number of halogens is 1. The molecule has 0 atom stereocenters. The second-order valence-corrected chi connectivity index (χ2v) is 7.53. The second-order valence-electron chi connectivity index (χ2n) is 5.29. The van der Waals surface area contributed by atoms with Gasteiger partial charge in [-0.3, -0.25) is 4.79 Å². The van der Waals surface area contributed by atoms with E-state index in [1.807, 2.05) is 29.6 Å². The molecule has 0 aliphatic rings. The van der Waals surface area contributed by atoms with Crippen LogP contribution in [0.3, 0.4) is 0 Å². The predicted octanol–water partition coefficient (Wildman–Crippen LogP) is 4.75. The Labute approximate surface area is 153 Å². The van der Waals surface area contributed by atoms with E-state index < -0.39 is 0 Å². The number of nitrogens with zero attached hydrogens (tertiary/aromatic N) is 3. The van der Waals surface area contributed by atoms with E-state index in [9.17, 15) is 4.79 Å². The van der Waals surface area contributed by atoms with Crippen molar-refractivity contribution in [1.82, 2.24) is 14.9 Å². The van der Waals surface area contributed by atoms with Gasteiger partial charge in [0.1, 0.15) is 10.7 Å². The van der Waals surface area contributed by atoms with Crippen LogP contribution in [0.15, 0.2) is 35.0 Å². The highest BCUT2D eigenvalue weighted by Crippen LogP contribution is 2.25. The minimum absolute atomic E-state index is 0.0995. The zero-order valence-corrected chi connectivity index (χ0v) is 15.7. The molecule has 0 N–H and O–H groups in total. The molecule has 0 saturated carbocycles. The van der Waals surface area contributed by atoms with Gasteiger partial charge in [0.15, 0.2) is 0 Å². The van der Waals surface area contributed by atoms with E-state index in [-0.39, 0.29) is 5.91 Å². The number of aryl methyl sites for hydroxylation is 1. The molecule has 0 unspecified atom stereocenters. The number of hydrogen-bond donors (Lipinski definition) is 0. The standard InChI is InChI=1S/C17H16ClN3OS2/c1-3-15-19-13(9-23-15)8-21(2)17(22)14-10-24-16(20-14)11-4-6-12(18)7-5-11/h4-7,9-10H,3,8H2,1-2H3. The molecular formula is C17H16ClN3OS2. The average molecular weight is 378 g/mol. The largest absolute Gasteiger partial charge is 0.334 e. The van der Waals surface area contributed by atoms with Gasteiger partial charge in [-0.2, -0.15) is 0 Å². The summed E-state index contributed by atoms with van der Waals surface area (Å²) in [6.45, 7) is 2.56. The number of carbonyl (C=O) groups excluding carboxylic acids is 1. The summed E-state index contributed by atoms with van der Waals surface area (Å²) in [6.07, 6.45) is 0.916. The molecule has 124 valence electrons. The van der Waals surface area contributed by atoms with Gasteiger partial charge in [0.2, 0.25) is 0 Å². The maximum absolute atomic E-state index is 12.5. The van der Waals surface area contributed by atoms with Gasteiger partial charge in [-0.05, 0) is 18.6 Å². The first-order valence-corrected chi connectivity index (χ1v) is 9.60. The van der Waals surface area contributed by atoms with Crippen molar-refractivity contribution in [3.05, 3.63) is 56.4 Å². The maximum atomic E-state index is 12.5. The molecule has 0 spiro atoms. The lowest BCUT2D eigenvalue weighted by Crippen LogP contribution is -2.26. The molecule has 0 aliphatic heterocycles. The quantitative estimate of drug-likeness (QED) is 0.644. The highest BCUT2D eigenvalue weighted by molar-refractivity contribution is 7.13. The average Bonchev–Trinajstić information content (AvgIpc) is 3.24. The van der Waals surface area contributed by atoms with E-state index in [0.29, 0.717) is 17.3 Å². The SMILES string of the molecule is CCc1nc(CN(C)C(=O)c2csc(-c3ccc(Cl)cc3)n2)cs1. The number of carbonyl (C=O) groups is 1. The molecule has 0 radical (unpaired) electrons. The normalized spacial score (nSPS) is 10.8. The van der Waals surface area contributed by atoms with Crippen molar-refractivity contribution in [2.45, 2.75) is 19.9 Å². The summed E-state index contributed by atoms with van der Waals surface area (Å²) in [5.74, 6) is -0.0995. The Balaban J connectivity index is 1.71. The van der Waals surface area contributed by atoms with Crippen molar-refractivity contribution >= 4 is 40.2 Å². The first-order chi connectivity index (χ1) is 11.6. The maximum Gasteiger partial charge on any atom is 0.273 e. The van der Waals surface area contributed by atoms with Gasteiger partial charge in [-0.1, -0.05) is 30.7 Å². The first-order valence-electron chi connectivity index (χ1n) is 7.47. The van der Waals surface area contributed by atoms with Crippen LogP contribution in [0.2, 0.25) is 5.02 Å². The highest BCUT2D eigenvalue weighted by Gasteiger charge is 2.17. The highest BCUT2D eigenvalue weighted by atomic mass is 35.5. The predicted molar refractivity (Wildman–Crippen MR) is 99.8 cm³/mol. The fraction of sp³-hybridized carbons (Fsp3) is 0.235. The van der Waals surface area contributed by atoms with Crippen LogP contribution in [-0.2, 0) is 13.0 Å². The molecule has 7 heteroatoms.